The Balaban J connectivity index is 2.64. The Morgan fingerprint density at radius 3 is 2.80 bits per heavy atom. The molecule has 0 saturated carbocycles. The molecule has 5 heteroatoms. The zero-order chi connectivity index (χ0) is 11.4. The maximum absolute atomic E-state index is 5.78. The first-order chi connectivity index (χ1) is 6.99. The van der Waals surface area contributed by atoms with Gasteiger partial charge in [-0.2, -0.15) is 0 Å². The molecule has 1 atom stereocenters. The number of rotatable bonds is 4. The van der Waals surface area contributed by atoms with Crippen molar-refractivity contribution in [3.8, 4) is 0 Å². The van der Waals surface area contributed by atoms with Gasteiger partial charge in [-0.3, -0.25) is 0 Å². The van der Waals surface area contributed by atoms with Gasteiger partial charge in [0.05, 0.1) is 10.7 Å². The van der Waals surface area contributed by atoms with Gasteiger partial charge in [-0.25, -0.2) is 4.98 Å². The first-order valence-electron chi connectivity index (χ1n) is 4.81. The Kier molecular flexibility index (Phi) is 4.17. The number of halogens is 1. The zero-order valence-corrected chi connectivity index (χ0v) is 10.0. The van der Waals surface area contributed by atoms with E-state index in [1.54, 1.807) is 12.3 Å². The molecule has 0 amide bonds. The van der Waals surface area contributed by atoms with Crippen LogP contribution in [0.3, 0.4) is 0 Å². The second-order valence-corrected chi connectivity index (χ2v) is 4.34. The van der Waals surface area contributed by atoms with Gasteiger partial charge < -0.3 is 16.0 Å². The number of anilines is 2. The molecule has 15 heavy (non-hydrogen) atoms. The van der Waals surface area contributed by atoms with Crippen LogP contribution in [-0.2, 0) is 0 Å². The fraction of sp³-hybridized carbons (Fsp3) is 0.500. The Bertz CT molecular complexity index is 327. The molecule has 0 radical (unpaired) electrons. The van der Waals surface area contributed by atoms with Crippen molar-refractivity contribution in [2.75, 3.05) is 31.7 Å². The molecule has 1 aromatic rings. The van der Waals surface area contributed by atoms with Crippen molar-refractivity contribution in [1.29, 1.82) is 0 Å². The molecular formula is C10H17ClN4. The van der Waals surface area contributed by atoms with Crippen LogP contribution in [0.15, 0.2) is 12.3 Å². The van der Waals surface area contributed by atoms with Crippen LogP contribution in [-0.4, -0.2) is 36.6 Å². The smallest absolute Gasteiger partial charge is 0.149 e. The Labute approximate surface area is 95.4 Å². The monoisotopic (exact) mass is 228 g/mol. The van der Waals surface area contributed by atoms with Crippen LogP contribution in [0.4, 0.5) is 11.5 Å². The third kappa shape index (κ3) is 3.93. The normalized spacial score (nSPS) is 12.9. The number of hydrogen-bond donors (Lipinski definition) is 2. The Morgan fingerprint density at radius 2 is 2.27 bits per heavy atom. The second-order valence-electron chi connectivity index (χ2n) is 3.90. The molecule has 0 aliphatic heterocycles. The summed E-state index contributed by atoms with van der Waals surface area (Å²) in [6.07, 6.45) is 1.59. The highest BCUT2D eigenvalue weighted by Gasteiger charge is 2.07. The molecule has 1 heterocycles. The summed E-state index contributed by atoms with van der Waals surface area (Å²) >= 11 is 5.76. The molecule has 3 N–H and O–H groups in total. The highest BCUT2D eigenvalue weighted by Crippen LogP contribution is 2.19. The maximum atomic E-state index is 5.78. The van der Waals surface area contributed by atoms with Gasteiger partial charge in [-0.15, -0.1) is 0 Å². The summed E-state index contributed by atoms with van der Waals surface area (Å²) in [5, 5.41) is 3.79. The Morgan fingerprint density at radius 1 is 1.60 bits per heavy atom. The molecule has 84 valence electrons. The van der Waals surface area contributed by atoms with Crippen LogP contribution in [0.1, 0.15) is 6.92 Å². The molecule has 0 fully saturated rings. The van der Waals surface area contributed by atoms with Crippen molar-refractivity contribution >= 4 is 23.1 Å². The molecule has 0 aliphatic carbocycles. The van der Waals surface area contributed by atoms with E-state index < -0.39 is 0 Å². The average molecular weight is 229 g/mol. The number of nitrogens with zero attached hydrogens (tertiary/aromatic N) is 2. The van der Waals surface area contributed by atoms with E-state index in [9.17, 15) is 0 Å². The van der Waals surface area contributed by atoms with E-state index in [0.717, 1.165) is 6.54 Å². The molecule has 4 nitrogen and oxygen atoms in total. The quantitative estimate of drug-likeness (QED) is 0.824. The molecule has 0 saturated heterocycles. The minimum atomic E-state index is 0.288. The summed E-state index contributed by atoms with van der Waals surface area (Å²) in [5.74, 6) is 0.689. The van der Waals surface area contributed by atoms with E-state index in [-0.39, 0.29) is 6.04 Å². The second kappa shape index (κ2) is 5.19. The van der Waals surface area contributed by atoms with Crippen molar-refractivity contribution in [3.63, 3.8) is 0 Å². The summed E-state index contributed by atoms with van der Waals surface area (Å²) in [6.45, 7) is 3.00. The number of aromatic nitrogens is 1. The van der Waals surface area contributed by atoms with E-state index in [0.29, 0.717) is 16.5 Å². The first kappa shape index (κ1) is 12.1. The van der Waals surface area contributed by atoms with Crippen molar-refractivity contribution in [3.05, 3.63) is 17.3 Å². The van der Waals surface area contributed by atoms with E-state index in [1.807, 2.05) is 14.1 Å². The van der Waals surface area contributed by atoms with Crippen molar-refractivity contribution < 1.29 is 0 Å². The van der Waals surface area contributed by atoms with Crippen molar-refractivity contribution in [2.24, 2.45) is 0 Å². The van der Waals surface area contributed by atoms with E-state index in [2.05, 4.69) is 22.1 Å². The van der Waals surface area contributed by atoms with Crippen molar-refractivity contribution in [1.82, 2.24) is 9.88 Å². The average Bonchev–Trinajstić information content (AvgIpc) is 2.08. The fourth-order valence-corrected chi connectivity index (χ4v) is 1.57. The minimum absolute atomic E-state index is 0.288. The van der Waals surface area contributed by atoms with Gasteiger partial charge >= 0.3 is 0 Å². The molecule has 0 spiro atoms. The fourth-order valence-electron chi connectivity index (χ4n) is 1.40. The topological polar surface area (TPSA) is 54.2 Å². The van der Waals surface area contributed by atoms with Crippen LogP contribution in [0.5, 0.6) is 0 Å². The lowest BCUT2D eigenvalue weighted by molar-refractivity contribution is 0.392. The third-order valence-electron chi connectivity index (χ3n) is 1.91. The number of pyridine rings is 1. The minimum Gasteiger partial charge on any atom is -0.396 e. The lowest BCUT2D eigenvalue weighted by Gasteiger charge is -2.19. The summed E-state index contributed by atoms with van der Waals surface area (Å²) in [7, 11) is 4.05. The molecule has 1 rings (SSSR count). The molecular weight excluding hydrogens is 212 g/mol. The summed E-state index contributed by atoms with van der Waals surface area (Å²) in [4.78, 5) is 6.24. The van der Waals surface area contributed by atoms with Gasteiger partial charge in [0, 0.05) is 18.8 Å². The van der Waals surface area contributed by atoms with Crippen LogP contribution < -0.4 is 11.1 Å². The predicted molar refractivity (Wildman–Crippen MR) is 65.3 cm³/mol. The number of nitrogens with one attached hydrogen (secondary N) is 1. The highest BCUT2D eigenvalue weighted by atomic mass is 35.5. The van der Waals surface area contributed by atoms with Gasteiger partial charge in [0.25, 0.3) is 0 Å². The SMILES string of the molecule is CC(CN(C)C)Nc1ncc(Cl)cc1N. The lowest BCUT2D eigenvalue weighted by atomic mass is 10.3. The molecule has 0 aliphatic rings. The molecule has 1 aromatic heterocycles. The number of nitrogen functional groups attached to an aromatic ring is 1. The number of nitrogens with two attached hydrogens (primary N) is 1. The van der Waals surface area contributed by atoms with Gasteiger partial charge in [0.2, 0.25) is 0 Å². The summed E-state index contributed by atoms with van der Waals surface area (Å²) < 4.78 is 0. The van der Waals surface area contributed by atoms with E-state index in [4.69, 9.17) is 17.3 Å². The van der Waals surface area contributed by atoms with Crippen molar-refractivity contribution in [2.45, 2.75) is 13.0 Å². The first-order valence-corrected chi connectivity index (χ1v) is 5.19. The highest BCUT2D eigenvalue weighted by molar-refractivity contribution is 6.30. The summed E-state index contributed by atoms with van der Waals surface area (Å²) in [5.41, 5.74) is 6.35. The van der Waals surface area contributed by atoms with Crippen LogP contribution >= 0.6 is 11.6 Å². The van der Waals surface area contributed by atoms with E-state index in [1.165, 1.54) is 0 Å². The number of likely N-dealkylation sites (N-methyl/N-ethyl adjacent to an activating group) is 1. The van der Waals surface area contributed by atoms with Gasteiger partial charge in [0.15, 0.2) is 0 Å². The van der Waals surface area contributed by atoms with Crippen LogP contribution in [0, 0.1) is 0 Å². The molecule has 1 unspecified atom stereocenters. The zero-order valence-electron chi connectivity index (χ0n) is 9.29. The molecule has 0 bridgehead atoms. The summed E-state index contributed by atoms with van der Waals surface area (Å²) in [6, 6.07) is 1.98. The van der Waals surface area contributed by atoms with Crippen LogP contribution in [0.25, 0.3) is 0 Å². The lowest BCUT2D eigenvalue weighted by Crippen LogP contribution is -2.30. The number of hydrogen-bond acceptors (Lipinski definition) is 4. The molecule has 0 aromatic carbocycles. The largest absolute Gasteiger partial charge is 0.396 e. The van der Waals surface area contributed by atoms with Gasteiger partial charge in [-0.1, -0.05) is 11.6 Å². The predicted octanol–water partition coefficient (Wildman–Crippen LogP) is 1.68. The van der Waals surface area contributed by atoms with Crippen LogP contribution in [0.2, 0.25) is 5.02 Å². The van der Waals surface area contributed by atoms with Gasteiger partial charge in [0.1, 0.15) is 5.82 Å². The van der Waals surface area contributed by atoms with Gasteiger partial charge in [-0.05, 0) is 27.1 Å². The Hall–Kier alpha value is -1.00. The van der Waals surface area contributed by atoms with E-state index >= 15 is 0 Å². The third-order valence-corrected chi connectivity index (χ3v) is 2.11. The standard InChI is InChI=1S/C10H17ClN4/c1-7(6-15(2)3)14-10-9(12)4-8(11)5-13-10/h4-5,7H,6,12H2,1-3H3,(H,13,14). The maximum Gasteiger partial charge on any atom is 0.149 e.